The molecule has 0 saturated carbocycles. The molecule has 6 heteroatoms. The Morgan fingerprint density at radius 3 is 2.73 bits per heavy atom. The van der Waals surface area contributed by atoms with E-state index < -0.39 is 15.3 Å². The van der Waals surface area contributed by atoms with Gasteiger partial charge in [-0.3, -0.25) is 0 Å². The fourth-order valence-electron chi connectivity index (χ4n) is 1.58. The molecule has 2 unspecified atom stereocenters. The van der Waals surface area contributed by atoms with Crippen LogP contribution in [0.15, 0.2) is 0 Å². The Kier molecular flexibility index (Phi) is 4.51. The fraction of sp³-hybridized carbons (Fsp3) is 1.00. The summed E-state index contributed by atoms with van der Waals surface area (Å²) in [4.78, 5) is 0. The van der Waals surface area contributed by atoms with Gasteiger partial charge >= 0.3 is 0 Å². The lowest BCUT2D eigenvalue weighted by molar-refractivity contribution is 0.0975. The Hall–Kier alpha value is -0.170. The average molecular weight is 237 g/mol. The minimum Gasteiger partial charge on any atom is -0.395 e. The van der Waals surface area contributed by atoms with Gasteiger partial charge in [0.2, 0.25) is 10.0 Å². The van der Waals surface area contributed by atoms with Crippen molar-refractivity contribution in [2.75, 3.05) is 26.8 Å². The van der Waals surface area contributed by atoms with E-state index in [4.69, 9.17) is 9.84 Å². The third kappa shape index (κ3) is 3.14. The van der Waals surface area contributed by atoms with Crippen molar-refractivity contribution in [3.8, 4) is 0 Å². The normalized spacial score (nSPS) is 24.7. The largest absolute Gasteiger partial charge is 0.395 e. The highest BCUT2D eigenvalue weighted by molar-refractivity contribution is 7.89. The van der Waals surface area contributed by atoms with E-state index in [0.29, 0.717) is 13.2 Å². The van der Waals surface area contributed by atoms with E-state index in [1.807, 2.05) is 0 Å². The second-order valence-electron chi connectivity index (χ2n) is 3.95. The summed E-state index contributed by atoms with van der Waals surface area (Å²) >= 11 is 0. The summed E-state index contributed by atoms with van der Waals surface area (Å²) in [6.45, 7) is 2.25. The topological polar surface area (TPSA) is 66.8 Å². The summed E-state index contributed by atoms with van der Waals surface area (Å²) in [6.07, 6.45) is 1.91. The predicted octanol–water partition coefficient (Wildman–Crippen LogP) is -0.192. The van der Waals surface area contributed by atoms with Crippen LogP contribution in [0.25, 0.3) is 0 Å². The van der Waals surface area contributed by atoms with Crippen molar-refractivity contribution >= 4 is 10.0 Å². The first-order chi connectivity index (χ1) is 6.98. The molecular weight excluding hydrogens is 218 g/mol. The predicted molar refractivity (Wildman–Crippen MR) is 57.1 cm³/mol. The molecule has 0 radical (unpaired) electrons. The maximum atomic E-state index is 11.8. The van der Waals surface area contributed by atoms with Gasteiger partial charge in [0, 0.05) is 20.2 Å². The molecule has 2 atom stereocenters. The number of ether oxygens (including phenoxy) is 1. The molecule has 0 bridgehead atoms. The highest BCUT2D eigenvalue weighted by Gasteiger charge is 2.28. The number of hydrogen-bond donors (Lipinski definition) is 1. The summed E-state index contributed by atoms with van der Waals surface area (Å²) in [5.41, 5.74) is 0. The molecule has 1 aliphatic rings. The SMILES string of the molecule is CC(CO)S(=O)(=O)N(C)CC1CCCO1. The van der Waals surface area contributed by atoms with Crippen molar-refractivity contribution < 1.29 is 18.3 Å². The zero-order valence-corrected chi connectivity index (χ0v) is 10.0. The van der Waals surface area contributed by atoms with Crippen molar-refractivity contribution in [1.29, 1.82) is 0 Å². The van der Waals surface area contributed by atoms with Gasteiger partial charge < -0.3 is 9.84 Å². The molecule has 1 fully saturated rings. The van der Waals surface area contributed by atoms with Crippen LogP contribution < -0.4 is 0 Å². The maximum absolute atomic E-state index is 11.8. The first kappa shape index (κ1) is 12.9. The molecular formula is C9H19NO4S. The second kappa shape index (κ2) is 5.25. The number of hydrogen-bond acceptors (Lipinski definition) is 4. The van der Waals surface area contributed by atoms with E-state index in [2.05, 4.69) is 0 Å². The van der Waals surface area contributed by atoms with Gasteiger partial charge in [0.25, 0.3) is 0 Å². The van der Waals surface area contributed by atoms with Crippen LogP contribution in [0.2, 0.25) is 0 Å². The summed E-state index contributed by atoms with van der Waals surface area (Å²) in [7, 11) is -1.84. The number of aliphatic hydroxyl groups excluding tert-OH is 1. The minimum absolute atomic E-state index is 0.00988. The second-order valence-corrected chi connectivity index (χ2v) is 6.41. The fourth-order valence-corrected chi connectivity index (χ4v) is 2.76. The van der Waals surface area contributed by atoms with Crippen molar-refractivity contribution in [3.05, 3.63) is 0 Å². The van der Waals surface area contributed by atoms with Gasteiger partial charge in [-0.25, -0.2) is 12.7 Å². The Morgan fingerprint density at radius 2 is 2.27 bits per heavy atom. The van der Waals surface area contributed by atoms with Crippen LogP contribution >= 0.6 is 0 Å². The Bertz CT molecular complexity index is 284. The molecule has 0 aromatic rings. The third-order valence-corrected chi connectivity index (χ3v) is 4.87. The van der Waals surface area contributed by atoms with E-state index in [0.717, 1.165) is 12.8 Å². The molecule has 5 nitrogen and oxygen atoms in total. The van der Waals surface area contributed by atoms with Gasteiger partial charge in [0.1, 0.15) is 0 Å². The van der Waals surface area contributed by atoms with E-state index in [1.165, 1.54) is 18.3 Å². The van der Waals surface area contributed by atoms with E-state index >= 15 is 0 Å². The Morgan fingerprint density at radius 1 is 1.60 bits per heavy atom. The lowest BCUT2D eigenvalue weighted by Gasteiger charge is -2.23. The molecule has 0 aliphatic carbocycles. The summed E-state index contributed by atoms with van der Waals surface area (Å²) < 4.78 is 30.2. The quantitative estimate of drug-likeness (QED) is 0.719. The first-order valence-electron chi connectivity index (χ1n) is 5.16. The lowest BCUT2D eigenvalue weighted by Crippen LogP contribution is -2.40. The smallest absolute Gasteiger partial charge is 0.218 e. The molecule has 1 rings (SSSR count). The van der Waals surface area contributed by atoms with Crippen LogP contribution in [0.5, 0.6) is 0 Å². The molecule has 0 aromatic carbocycles. The number of nitrogens with zero attached hydrogens (tertiary/aromatic N) is 1. The Labute approximate surface area is 91.1 Å². The van der Waals surface area contributed by atoms with Crippen LogP contribution in [0, 0.1) is 0 Å². The number of sulfonamides is 1. The van der Waals surface area contributed by atoms with Gasteiger partial charge in [0.05, 0.1) is 18.0 Å². The number of likely N-dealkylation sites (N-methyl/N-ethyl adjacent to an activating group) is 1. The van der Waals surface area contributed by atoms with E-state index in [9.17, 15) is 8.42 Å². The summed E-state index contributed by atoms with van der Waals surface area (Å²) in [5, 5.41) is 8.10. The van der Waals surface area contributed by atoms with Crippen LogP contribution in [-0.2, 0) is 14.8 Å². The van der Waals surface area contributed by atoms with Crippen LogP contribution in [0.3, 0.4) is 0 Å². The molecule has 1 heterocycles. The molecule has 1 aliphatic heterocycles. The zero-order chi connectivity index (χ0) is 11.5. The minimum atomic E-state index is -3.37. The summed E-state index contributed by atoms with van der Waals surface area (Å²) in [6, 6.07) is 0. The average Bonchev–Trinajstić information content (AvgIpc) is 2.68. The van der Waals surface area contributed by atoms with E-state index in [-0.39, 0.29) is 12.7 Å². The third-order valence-electron chi connectivity index (χ3n) is 2.68. The first-order valence-corrected chi connectivity index (χ1v) is 6.66. The Balaban J connectivity index is 2.54. The molecule has 90 valence electrons. The van der Waals surface area contributed by atoms with Crippen molar-refractivity contribution in [3.63, 3.8) is 0 Å². The van der Waals surface area contributed by atoms with Gasteiger partial charge in [-0.15, -0.1) is 0 Å². The van der Waals surface area contributed by atoms with Gasteiger partial charge in [-0.2, -0.15) is 0 Å². The van der Waals surface area contributed by atoms with Crippen molar-refractivity contribution in [2.45, 2.75) is 31.1 Å². The van der Waals surface area contributed by atoms with Crippen LogP contribution in [0.1, 0.15) is 19.8 Å². The van der Waals surface area contributed by atoms with E-state index in [1.54, 1.807) is 0 Å². The highest BCUT2D eigenvalue weighted by atomic mass is 32.2. The molecule has 0 aromatic heterocycles. The van der Waals surface area contributed by atoms with Crippen molar-refractivity contribution in [1.82, 2.24) is 4.31 Å². The van der Waals surface area contributed by atoms with Crippen molar-refractivity contribution in [2.24, 2.45) is 0 Å². The van der Waals surface area contributed by atoms with Gasteiger partial charge in [-0.1, -0.05) is 0 Å². The summed E-state index contributed by atoms with van der Waals surface area (Å²) in [5.74, 6) is 0. The monoisotopic (exact) mass is 237 g/mol. The molecule has 15 heavy (non-hydrogen) atoms. The maximum Gasteiger partial charge on any atom is 0.218 e. The number of rotatable bonds is 5. The molecule has 1 saturated heterocycles. The number of aliphatic hydroxyl groups is 1. The molecule has 0 amide bonds. The van der Waals surface area contributed by atoms with Gasteiger partial charge in [0.15, 0.2) is 0 Å². The lowest BCUT2D eigenvalue weighted by atomic mass is 10.2. The van der Waals surface area contributed by atoms with Crippen LogP contribution in [0.4, 0.5) is 0 Å². The standard InChI is InChI=1S/C9H19NO4S/c1-8(7-11)15(12,13)10(2)6-9-4-3-5-14-9/h8-9,11H,3-7H2,1-2H3. The van der Waals surface area contributed by atoms with Gasteiger partial charge in [-0.05, 0) is 19.8 Å². The highest BCUT2D eigenvalue weighted by Crippen LogP contribution is 2.15. The van der Waals surface area contributed by atoms with Crippen LogP contribution in [-0.4, -0.2) is 56.0 Å². The zero-order valence-electron chi connectivity index (χ0n) is 9.22. The molecule has 1 N–H and O–H groups in total. The molecule has 0 spiro atoms.